The van der Waals surface area contributed by atoms with Gasteiger partial charge in [-0.1, -0.05) is 0 Å². The quantitative estimate of drug-likeness (QED) is 0.297. The number of hydrogen-bond donors (Lipinski definition) is 0. The van der Waals surface area contributed by atoms with Crippen LogP contribution >= 0.6 is 0 Å². The van der Waals surface area contributed by atoms with Crippen molar-refractivity contribution in [2.75, 3.05) is 12.9 Å². The fourth-order valence-electron chi connectivity index (χ4n) is 1.59. The van der Waals surface area contributed by atoms with Gasteiger partial charge in [0.15, 0.2) is 11.9 Å². The van der Waals surface area contributed by atoms with Gasteiger partial charge in [0, 0.05) is 13.8 Å². The number of esters is 1. The van der Waals surface area contributed by atoms with Crippen molar-refractivity contribution >= 4 is 21.9 Å². The molecule has 0 fully saturated rings. The summed E-state index contributed by atoms with van der Waals surface area (Å²) in [6, 6.07) is 0. The second kappa shape index (κ2) is 6.63. The van der Waals surface area contributed by atoms with E-state index in [2.05, 4.69) is 9.17 Å². The van der Waals surface area contributed by atoms with Crippen LogP contribution in [0.15, 0.2) is 6.20 Å². The van der Waals surface area contributed by atoms with Gasteiger partial charge in [0.2, 0.25) is 0 Å². The molecule has 21 heavy (non-hydrogen) atoms. The molecule has 0 aliphatic carbocycles. The minimum atomic E-state index is -3.72. The third kappa shape index (κ3) is 5.47. The van der Waals surface area contributed by atoms with Crippen LogP contribution in [0.1, 0.15) is 12.7 Å². The molecular formula is C10H15N3O7S. The highest BCUT2D eigenvalue weighted by Gasteiger charge is 2.24. The van der Waals surface area contributed by atoms with Crippen molar-refractivity contribution in [3.63, 3.8) is 0 Å². The van der Waals surface area contributed by atoms with Crippen LogP contribution in [0.3, 0.4) is 0 Å². The molecule has 11 heteroatoms. The summed E-state index contributed by atoms with van der Waals surface area (Å²) in [7, 11) is -3.72. The molecular weight excluding hydrogens is 306 g/mol. The SMILES string of the molecule is CC(=O)OC(COS(C)(=O)=O)Cn1c([N+](=O)[O-])cnc1C. The van der Waals surface area contributed by atoms with Gasteiger partial charge in [-0.15, -0.1) is 0 Å². The van der Waals surface area contributed by atoms with Crippen LogP contribution in [0.2, 0.25) is 0 Å². The first-order chi connectivity index (χ1) is 9.60. The van der Waals surface area contributed by atoms with Crippen LogP contribution in [0.4, 0.5) is 5.82 Å². The maximum Gasteiger partial charge on any atom is 0.342 e. The van der Waals surface area contributed by atoms with Gasteiger partial charge in [-0.3, -0.25) is 8.98 Å². The number of aromatic nitrogens is 2. The molecule has 0 aliphatic heterocycles. The van der Waals surface area contributed by atoms with Crippen molar-refractivity contribution in [1.29, 1.82) is 0 Å². The van der Waals surface area contributed by atoms with E-state index in [1.54, 1.807) is 0 Å². The average molecular weight is 321 g/mol. The molecule has 10 nitrogen and oxygen atoms in total. The average Bonchev–Trinajstić information content (AvgIpc) is 2.66. The minimum absolute atomic E-state index is 0.142. The molecule has 1 aromatic heterocycles. The molecule has 0 amide bonds. The van der Waals surface area contributed by atoms with E-state index >= 15 is 0 Å². The summed E-state index contributed by atoms with van der Waals surface area (Å²) in [5.41, 5.74) is 0. The van der Waals surface area contributed by atoms with E-state index in [9.17, 15) is 23.3 Å². The Kier molecular flexibility index (Phi) is 5.38. The molecule has 0 radical (unpaired) electrons. The summed E-state index contributed by atoms with van der Waals surface area (Å²) in [6.45, 7) is 2.10. The third-order valence-corrected chi connectivity index (χ3v) is 2.97. The molecule has 1 atom stereocenters. The monoisotopic (exact) mass is 321 g/mol. The zero-order valence-corrected chi connectivity index (χ0v) is 12.5. The predicted molar refractivity (Wildman–Crippen MR) is 70.0 cm³/mol. The van der Waals surface area contributed by atoms with Crippen molar-refractivity contribution < 1.29 is 27.1 Å². The van der Waals surface area contributed by atoms with E-state index in [4.69, 9.17) is 4.74 Å². The molecule has 1 heterocycles. The summed E-state index contributed by atoms with van der Waals surface area (Å²) < 4.78 is 32.6. The van der Waals surface area contributed by atoms with Crippen LogP contribution in [0, 0.1) is 17.0 Å². The summed E-state index contributed by atoms with van der Waals surface area (Å²) in [5.74, 6) is -0.611. The molecule has 0 aromatic carbocycles. The maximum atomic E-state index is 11.0. The van der Waals surface area contributed by atoms with Crippen LogP contribution in [-0.4, -0.2) is 47.8 Å². The lowest BCUT2D eigenvalue weighted by Gasteiger charge is -2.15. The Hall–Kier alpha value is -2.01. The molecule has 118 valence electrons. The van der Waals surface area contributed by atoms with Gasteiger partial charge < -0.3 is 14.9 Å². The first kappa shape index (κ1) is 17.0. The molecule has 0 spiro atoms. The summed E-state index contributed by atoms with van der Waals surface area (Å²) in [4.78, 5) is 25.1. The number of nitro groups is 1. The second-order valence-corrected chi connectivity index (χ2v) is 5.90. The van der Waals surface area contributed by atoms with E-state index in [1.807, 2.05) is 0 Å². The number of rotatable bonds is 7. The number of carbonyl (C=O) groups is 1. The second-order valence-electron chi connectivity index (χ2n) is 4.25. The molecule has 0 aliphatic rings. The number of nitrogens with zero attached hydrogens (tertiary/aromatic N) is 3. The summed E-state index contributed by atoms with van der Waals surface area (Å²) in [5, 5.41) is 10.9. The number of carbonyl (C=O) groups excluding carboxylic acids is 1. The highest BCUT2D eigenvalue weighted by Crippen LogP contribution is 2.15. The van der Waals surface area contributed by atoms with Gasteiger partial charge in [0.05, 0.1) is 6.26 Å². The minimum Gasteiger partial charge on any atom is -0.456 e. The lowest BCUT2D eigenvalue weighted by atomic mass is 10.3. The van der Waals surface area contributed by atoms with E-state index < -0.39 is 33.7 Å². The van der Waals surface area contributed by atoms with Gasteiger partial charge in [-0.05, 0) is 4.92 Å². The molecule has 1 rings (SSSR count). The van der Waals surface area contributed by atoms with Crippen molar-refractivity contribution in [2.24, 2.45) is 0 Å². The zero-order chi connectivity index (χ0) is 16.2. The van der Waals surface area contributed by atoms with Crippen molar-refractivity contribution in [3.05, 3.63) is 22.1 Å². The lowest BCUT2D eigenvalue weighted by molar-refractivity contribution is -0.392. The van der Waals surface area contributed by atoms with Gasteiger partial charge in [0.1, 0.15) is 19.3 Å². The van der Waals surface area contributed by atoms with Gasteiger partial charge in [0.25, 0.3) is 10.1 Å². The van der Waals surface area contributed by atoms with Crippen molar-refractivity contribution in [1.82, 2.24) is 9.55 Å². The Morgan fingerprint density at radius 2 is 2.19 bits per heavy atom. The van der Waals surface area contributed by atoms with E-state index in [-0.39, 0.29) is 12.4 Å². The van der Waals surface area contributed by atoms with Crippen LogP contribution in [-0.2, 0) is 30.4 Å². The van der Waals surface area contributed by atoms with E-state index in [0.29, 0.717) is 5.82 Å². The fraction of sp³-hybridized carbons (Fsp3) is 0.600. The highest BCUT2D eigenvalue weighted by atomic mass is 32.2. The third-order valence-electron chi connectivity index (χ3n) is 2.41. The first-order valence-electron chi connectivity index (χ1n) is 5.78. The van der Waals surface area contributed by atoms with Crippen LogP contribution < -0.4 is 0 Å². The summed E-state index contributed by atoms with van der Waals surface area (Å²) in [6.07, 6.45) is 0.921. The number of ether oxygens (including phenoxy) is 1. The Morgan fingerprint density at radius 3 is 2.67 bits per heavy atom. The first-order valence-corrected chi connectivity index (χ1v) is 7.60. The topological polar surface area (TPSA) is 131 Å². The molecule has 1 unspecified atom stereocenters. The van der Waals surface area contributed by atoms with Gasteiger partial charge in [-0.2, -0.15) is 8.42 Å². The maximum absolute atomic E-state index is 11.0. The molecule has 1 aromatic rings. The standard InChI is InChI=1S/C10H15N3O7S/c1-7-11-4-10(13(15)16)12(7)5-9(20-8(2)14)6-19-21(3,17)18/h4,9H,5-6H2,1-3H3. The predicted octanol–water partition coefficient (Wildman–Crippen LogP) is 0.00762. The van der Waals surface area contributed by atoms with Gasteiger partial charge in [-0.25, -0.2) is 9.55 Å². The molecule has 0 N–H and O–H groups in total. The molecule has 0 bridgehead atoms. The van der Waals surface area contributed by atoms with Gasteiger partial charge >= 0.3 is 11.8 Å². The van der Waals surface area contributed by atoms with Crippen molar-refractivity contribution in [2.45, 2.75) is 26.5 Å². The highest BCUT2D eigenvalue weighted by molar-refractivity contribution is 7.85. The van der Waals surface area contributed by atoms with E-state index in [1.165, 1.54) is 11.5 Å². The smallest absolute Gasteiger partial charge is 0.342 e. The van der Waals surface area contributed by atoms with Crippen LogP contribution in [0.5, 0.6) is 0 Å². The Balaban J connectivity index is 2.93. The molecule has 0 saturated carbocycles. The van der Waals surface area contributed by atoms with E-state index in [0.717, 1.165) is 19.4 Å². The fourth-order valence-corrected chi connectivity index (χ4v) is 1.99. The Morgan fingerprint density at radius 1 is 1.57 bits per heavy atom. The van der Waals surface area contributed by atoms with Crippen molar-refractivity contribution in [3.8, 4) is 0 Å². The normalized spacial score (nSPS) is 12.9. The number of imidazole rings is 1. The zero-order valence-electron chi connectivity index (χ0n) is 11.7. The largest absolute Gasteiger partial charge is 0.456 e. The lowest BCUT2D eigenvalue weighted by Crippen LogP contribution is -2.29. The number of aryl methyl sites for hydroxylation is 1. The molecule has 0 saturated heterocycles. The number of hydrogen-bond acceptors (Lipinski definition) is 8. The summed E-state index contributed by atoms with van der Waals surface area (Å²) >= 11 is 0. The Bertz CT molecular complexity index is 637. The van der Waals surface area contributed by atoms with Crippen LogP contribution in [0.25, 0.3) is 0 Å². The Labute approximate surface area is 121 Å².